The minimum Gasteiger partial charge on any atom is -0.469 e. The number of likely N-dealkylation sites (tertiary alicyclic amines) is 1. The summed E-state index contributed by atoms with van der Waals surface area (Å²) in [6.45, 7) is 6.77. The van der Waals surface area contributed by atoms with Crippen LogP contribution in [-0.4, -0.2) is 42.0 Å². The first-order chi connectivity index (χ1) is 10.7. The van der Waals surface area contributed by atoms with Crippen molar-refractivity contribution >= 4 is 11.9 Å². The Morgan fingerprint density at radius 3 is 2.61 bits per heavy atom. The summed E-state index contributed by atoms with van der Waals surface area (Å²) >= 11 is 0. The number of ether oxygens (including phenoxy) is 1. The van der Waals surface area contributed by atoms with Gasteiger partial charge in [0.15, 0.2) is 0 Å². The second-order valence-electron chi connectivity index (χ2n) is 7.44. The topological polar surface area (TPSA) is 79.5 Å². The van der Waals surface area contributed by atoms with Crippen LogP contribution in [0.2, 0.25) is 0 Å². The summed E-state index contributed by atoms with van der Waals surface area (Å²) in [5.74, 6) is -0.509. The van der Waals surface area contributed by atoms with E-state index in [0.717, 1.165) is 0 Å². The fourth-order valence-corrected chi connectivity index (χ4v) is 4.44. The Labute approximate surface area is 134 Å². The van der Waals surface area contributed by atoms with Crippen molar-refractivity contribution < 1.29 is 14.3 Å². The van der Waals surface area contributed by atoms with Crippen molar-refractivity contribution in [2.24, 2.45) is 16.7 Å². The van der Waals surface area contributed by atoms with E-state index in [9.17, 15) is 14.4 Å². The predicted octanol–water partition coefficient (Wildman–Crippen LogP) is 1.34. The highest BCUT2D eigenvalue weighted by atomic mass is 16.5. The number of fused-ring (bicyclic) bond motifs is 1. The van der Waals surface area contributed by atoms with Gasteiger partial charge in [-0.1, -0.05) is 13.8 Å². The summed E-state index contributed by atoms with van der Waals surface area (Å²) < 4.78 is 4.98. The number of methoxy groups -OCH3 is 1. The number of hydrogen-bond donors (Lipinski definition) is 1. The van der Waals surface area contributed by atoms with E-state index >= 15 is 0 Å². The maximum Gasteiger partial charge on any atom is 0.314 e. The maximum absolute atomic E-state index is 12.7. The fourth-order valence-electron chi connectivity index (χ4n) is 4.44. The molecule has 6 nitrogen and oxygen atoms in total. The molecule has 0 bridgehead atoms. The van der Waals surface area contributed by atoms with E-state index in [1.807, 2.05) is 0 Å². The van der Waals surface area contributed by atoms with Crippen molar-refractivity contribution in [1.29, 1.82) is 0 Å². The average molecular weight is 318 g/mol. The highest BCUT2D eigenvalue weighted by Gasteiger charge is 2.68. The van der Waals surface area contributed by atoms with Gasteiger partial charge in [0.1, 0.15) is 5.56 Å². The van der Waals surface area contributed by atoms with Gasteiger partial charge >= 0.3 is 5.97 Å². The number of carbonyl (C=O) groups excluding carboxylic acids is 2. The maximum atomic E-state index is 12.7. The number of pyridine rings is 1. The van der Waals surface area contributed by atoms with E-state index in [1.165, 1.54) is 7.11 Å². The van der Waals surface area contributed by atoms with E-state index in [-0.39, 0.29) is 34.3 Å². The Hall–Kier alpha value is -2.11. The third-order valence-corrected chi connectivity index (χ3v) is 5.42. The standard InChI is InChI=1S/C17H22N2O4/c1-10-5-6-11(13(20)18-10)14(21)19-7-12-16(2,3)8-17(12,9-19)15(22)23-4/h5-6,12H,7-9H2,1-4H3,(H,18,20)/t12-,17+/m1/s1. The molecule has 0 spiro atoms. The highest BCUT2D eigenvalue weighted by molar-refractivity contribution is 5.95. The molecule has 2 fully saturated rings. The zero-order valence-electron chi connectivity index (χ0n) is 13.9. The van der Waals surface area contributed by atoms with Crippen LogP contribution in [0, 0.1) is 23.7 Å². The Kier molecular flexibility index (Phi) is 3.39. The van der Waals surface area contributed by atoms with Crippen molar-refractivity contribution in [3.63, 3.8) is 0 Å². The zero-order chi connectivity index (χ0) is 17.0. The lowest BCUT2D eigenvalue weighted by atomic mass is 9.48. The second-order valence-corrected chi connectivity index (χ2v) is 7.44. The van der Waals surface area contributed by atoms with Crippen molar-refractivity contribution in [1.82, 2.24) is 9.88 Å². The van der Waals surface area contributed by atoms with Gasteiger partial charge in [-0.2, -0.15) is 0 Å². The molecule has 2 atom stereocenters. The molecular formula is C17H22N2O4. The molecular weight excluding hydrogens is 296 g/mol. The van der Waals surface area contributed by atoms with E-state index in [0.29, 0.717) is 25.2 Å². The van der Waals surface area contributed by atoms with Crippen molar-refractivity contribution in [2.75, 3.05) is 20.2 Å². The normalized spacial score (nSPS) is 28.0. The molecule has 6 heteroatoms. The van der Waals surface area contributed by atoms with Gasteiger partial charge in [-0.3, -0.25) is 14.4 Å². The molecule has 1 aliphatic carbocycles. The third kappa shape index (κ3) is 2.19. The summed E-state index contributed by atoms with van der Waals surface area (Å²) in [7, 11) is 1.38. The minimum atomic E-state index is -0.620. The van der Waals surface area contributed by atoms with Crippen molar-refractivity contribution in [2.45, 2.75) is 27.2 Å². The number of aromatic nitrogens is 1. The molecule has 2 aliphatic rings. The van der Waals surface area contributed by atoms with Gasteiger partial charge in [0.25, 0.3) is 11.5 Å². The van der Waals surface area contributed by atoms with Crippen molar-refractivity contribution in [3.8, 4) is 0 Å². The lowest BCUT2D eigenvalue weighted by molar-refractivity contribution is -0.174. The van der Waals surface area contributed by atoms with Crippen LogP contribution in [0.25, 0.3) is 0 Å². The molecule has 0 unspecified atom stereocenters. The molecule has 1 saturated carbocycles. The summed E-state index contributed by atoms with van der Waals surface area (Å²) in [4.78, 5) is 41.3. The van der Waals surface area contributed by atoms with Crippen LogP contribution in [0.4, 0.5) is 0 Å². The van der Waals surface area contributed by atoms with E-state index in [2.05, 4.69) is 18.8 Å². The monoisotopic (exact) mass is 318 g/mol. The smallest absolute Gasteiger partial charge is 0.314 e. The number of esters is 1. The number of hydrogen-bond acceptors (Lipinski definition) is 4. The number of aromatic amines is 1. The van der Waals surface area contributed by atoms with Crippen LogP contribution in [-0.2, 0) is 9.53 Å². The second kappa shape index (κ2) is 4.94. The Balaban J connectivity index is 1.90. The summed E-state index contributed by atoms with van der Waals surface area (Å²) in [5, 5.41) is 0. The Morgan fingerprint density at radius 1 is 1.35 bits per heavy atom. The lowest BCUT2D eigenvalue weighted by Gasteiger charge is -2.54. The van der Waals surface area contributed by atoms with Crippen LogP contribution >= 0.6 is 0 Å². The number of amides is 1. The van der Waals surface area contributed by atoms with Gasteiger partial charge in [-0.15, -0.1) is 0 Å². The Morgan fingerprint density at radius 2 is 2.04 bits per heavy atom. The van der Waals surface area contributed by atoms with Gasteiger partial charge < -0.3 is 14.6 Å². The fraction of sp³-hybridized carbons (Fsp3) is 0.588. The molecule has 3 rings (SSSR count). The van der Waals surface area contributed by atoms with Crippen LogP contribution < -0.4 is 5.56 Å². The van der Waals surface area contributed by atoms with Gasteiger partial charge in [0.05, 0.1) is 12.5 Å². The first-order valence-corrected chi connectivity index (χ1v) is 7.79. The number of rotatable bonds is 2. The van der Waals surface area contributed by atoms with Gasteiger partial charge in [0, 0.05) is 18.8 Å². The number of carbonyl (C=O) groups is 2. The minimum absolute atomic E-state index is 0.0110. The molecule has 0 radical (unpaired) electrons. The SMILES string of the molecule is COC(=O)[C@@]12CN(C(=O)c3ccc(C)[nH]c3=O)C[C@@H]1C(C)(C)C2. The summed E-state index contributed by atoms with van der Waals surface area (Å²) in [6.07, 6.45) is 0.700. The zero-order valence-corrected chi connectivity index (χ0v) is 13.9. The molecule has 1 aromatic heterocycles. The van der Waals surface area contributed by atoms with Crippen LogP contribution in [0.5, 0.6) is 0 Å². The van der Waals surface area contributed by atoms with Crippen LogP contribution in [0.15, 0.2) is 16.9 Å². The summed E-state index contributed by atoms with van der Waals surface area (Å²) in [5.41, 5.74) is -0.190. The highest BCUT2D eigenvalue weighted by Crippen LogP contribution is 2.63. The summed E-state index contributed by atoms with van der Waals surface area (Å²) in [6, 6.07) is 3.26. The first kappa shape index (κ1) is 15.8. The largest absolute Gasteiger partial charge is 0.469 e. The van der Waals surface area contributed by atoms with Crippen LogP contribution in [0.1, 0.15) is 36.3 Å². The van der Waals surface area contributed by atoms with Crippen molar-refractivity contribution in [3.05, 3.63) is 33.7 Å². The van der Waals surface area contributed by atoms with E-state index < -0.39 is 5.41 Å². The van der Waals surface area contributed by atoms with Gasteiger partial charge in [-0.05, 0) is 36.8 Å². The van der Waals surface area contributed by atoms with E-state index in [1.54, 1.807) is 24.0 Å². The molecule has 124 valence electrons. The number of aryl methyl sites for hydroxylation is 1. The molecule has 1 aromatic rings. The predicted molar refractivity (Wildman–Crippen MR) is 84.0 cm³/mol. The molecule has 2 heterocycles. The Bertz CT molecular complexity index is 736. The molecule has 1 N–H and O–H groups in total. The molecule has 0 aromatic carbocycles. The average Bonchev–Trinajstić information content (AvgIpc) is 2.82. The molecule has 1 aliphatic heterocycles. The third-order valence-electron chi connectivity index (χ3n) is 5.42. The van der Waals surface area contributed by atoms with Crippen LogP contribution in [0.3, 0.4) is 0 Å². The number of H-pyrrole nitrogens is 1. The van der Waals surface area contributed by atoms with E-state index in [4.69, 9.17) is 4.74 Å². The molecule has 1 saturated heterocycles. The van der Waals surface area contributed by atoms with Gasteiger partial charge in [0.2, 0.25) is 0 Å². The first-order valence-electron chi connectivity index (χ1n) is 7.79. The molecule has 1 amide bonds. The number of nitrogens with zero attached hydrogens (tertiary/aromatic N) is 1. The number of nitrogens with one attached hydrogen (secondary N) is 1. The van der Waals surface area contributed by atoms with Gasteiger partial charge in [-0.25, -0.2) is 0 Å². The quantitative estimate of drug-likeness (QED) is 0.835. The lowest BCUT2D eigenvalue weighted by Crippen LogP contribution is -2.57. The molecule has 23 heavy (non-hydrogen) atoms.